The molecule has 80 valence electrons. The second kappa shape index (κ2) is 4.23. The lowest BCUT2D eigenvalue weighted by molar-refractivity contribution is 0.0686. The van der Waals surface area contributed by atoms with Gasteiger partial charge in [0.05, 0.1) is 0 Å². The van der Waals surface area contributed by atoms with Crippen LogP contribution in [0.4, 0.5) is 0 Å². The number of aromatic nitrogens is 1. The molecule has 0 atom stereocenters. The highest BCUT2D eigenvalue weighted by Crippen LogP contribution is 2.31. The first kappa shape index (κ1) is 10.5. The average Bonchev–Trinajstić information content (AvgIpc) is 2.27. The summed E-state index contributed by atoms with van der Waals surface area (Å²) >= 11 is 1.50. The molecule has 0 aliphatic heterocycles. The first-order chi connectivity index (χ1) is 7.24. The van der Waals surface area contributed by atoms with Gasteiger partial charge in [0, 0.05) is 11.1 Å². The molecule has 0 fully saturated rings. The first-order valence-electron chi connectivity index (χ1n) is 5.02. The third kappa shape index (κ3) is 1.86. The summed E-state index contributed by atoms with van der Waals surface area (Å²) in [6.45, 7) is 0. The Morgan fingerprint density at radius 1 is 1.47 bits per heavy atom. The number of hydrogen-bond acceptors (Lipinski definition) is 3. The van der Waals surface area contributed by atoms with Crippen LogP contribution in [-0.4, -0.2) is 22.3 Å². The Kier molecular flexibility index (Phi) is 2.95. The van der Waals surface area contributed by atoms with E-state index in [0.717, 1.165) is 24.2 Å². The van der Waals surface area contributed by atoms with Gasteiger partial charge in [0.15, 0.2) is 5.69 Å². The van der Waals surface area contributed by atoms with Gasteiger partial charge >= 0.3 is 5.97 Å². The lowest BCUT2D eigenvalue weighted by Crippen LogP contribution is -2.11. The summed E-state index contributed by atoms with van der Waals surface area (Å²) in [7, 11) is 0. The summed E-state index contributed by atoms with van der Waals surface area (Å²) in [6, 6.07) is 0. The molecule has 15 heavy (non-hydrogen) atoms. The molecular weight excluding hydrogens is 210 g/mol. The van der Waals surface area contributed by atoms with Crippen LogP contribution in [0.15, 0.2) is 11.1 Å². The van der Waals surface area contributed by atoms with Gasteiger partial charge in [-0.25, -0.2) is 9.78 Å². The zero-order valence-corrected chi connectivity index (χ0v) is 9.43. The zero-order chi connectivity index (χ0) is 10.8. The van der Waals surface area contributed by atoms with Crippen LogP contribution in [0.2, 0.25) is 0 Å². The second-order valence-corrected chi connectivity index (χ2v) is 4.47. The maximum absolute atomic E-state index is 11.0. The Bertz CT molecular complexity index is 404. The molecule has 0 aromatic carbocycles. The quantitative estimate of drug-likeness (QED) is 0.782. The lowest BCUT2D eigenvalue weighted by atomic mass is 9.93. The fourth-order valence-corrected chi connectivity index (χ4v) is 2.86. The molecule has 1 aromatic heterocycles. The highest BCUT2D eigenvalue weighted by atomic mass is 32.2. The van der Waals surface area contributed by atoms with Gasteiger partial charge in [-0.1, -0.05) is 0 Å². The maximum atomic E-state index is 11.0. The molecule has 1 heterocycles. The van der Waals surface area contributed by atoms with Gasteiger partial charge in [-0.2, -0.15) is 0 Å². The molecular formula is C11H13NO2S. The Labute approximate surface area is 92.9 Å². The summed E-state index contributed by atoms with van der Waals surface area (Å²) in [4.78, 5) is 15.9. The smallest absolute Gasteiger partial charge is 0.355 e. The normalized spacial score (nSPS) is 14.7. The van der Waals surface area contributed by atoms with Gasteiger partial charge < -0.3 is 5.11 Å². The molecule has 1 aliphatic carbocycles. The minimum absolute atomic E-state index is 0.211. The standard InChI is InChI=1S/C11H13NO2S/c1-15-10-8-5-3-2-4-7(8)6-12-9(10)11(13)14/h6H,2-5H2,1H3,(H,13,14). The van der Waals surface area contributed by atoms with E-state index in [-0.39, 0.29) is 5.69 Å². The summed E-state index contributed by atoms with van der Waals surface area (Å²) in [5.74, 6) is -0.923. The van der Waals surface area contributed by atoms with Crippen molar-refractivity contribution in [2.24, 2.45) is 0 Å². The predicted octanol–water partition coefficient (Wildman–Crippen LogP) is 2.38. The molecule has 0 radical (unpaired) electrons. The fourth-order valence-electron chi connectivity index (χ4n) is 2.05. The molecule has 4 heteroatoms. The topological polar surface area (TPSA) is 50.2 Å². The lowest BCUT2D eigenvalue weighted by Gasteiger charge is -2.18. The molecule has 0 bridgehead atoms. The number of fused-ring (bicyclic) bond motifs is 1. The van der Waals surface area contributed by atoms with Crippen LogP contribution < -0.4 is 0 Å². The van der Waals surface area contributed by atoms with Gasteiger partial charge in [-0.3, -0.25) is 0 Å². The van der Waals surface area contributed by atoms with Gasteiger partial charge in [-0.15, -0.1) is 11.8 Å². The van der Waals surface area contributed by atoms with E-state index >= 15 is 0 Å². The van der Waals surface area contributed by atoms with Crippen molar-refractivity contribution >= 4 is 17.7 Å². The highest BCUT2D eigenvalue weighted by molar-refractivity contribution is 7.98. The monoisotopic (exact) mass is 223 g/mol. The molecule has 0 amide bonds. The summed E-state index contributed by atoms with van der Waals surface area (Å²) < 4.78 is 0. The molecule has 1 N–H and O–H groups in total. The van der Waals surface area contributed by atoms with Crippen molar-refractivity contribution in [3.8, 4) is 0 Å². The van der Waals surface area contributed by atoms with Crippen LogP contribution in [0.1, 0.15) is 34.5 Å². The van der Waals surface area contributed by atoms with E-state index in [1.54, 1.807) is 6.20 Å². The number of carboxylic acid groups (broad SMARTS) is 1. The van der Waals surface area contributed by atoms with Crippen molar-refractivity contribution in [2.75, 3.05) is 6.26 Å². The van der Waals surface area contributed by atoms with E-state index in [2.05, 4.69) is 4.98 Å². The molecule has 0 saturated heterocycles. The van der Waals surface area contributed by atoms with Gasteiger partial charge in [0.1, 0.15) is 0 Å². The minimum Gasteiger partial charge on any atom is -0.476 e. The number of pyridine rings is 1. The molecule has 2 rings (SSSR count). The van der Waals surface area contributed by atoms with Gasteiger partial charge in [0.25, 0.3) is 0 Å². The fraction of sp³-hybridized carbons (Fsp3) is 0.455. The number of thioether (sulfide) groups is 1. The van der Waals surface area contributed by atoms with Crippen molar-refractivity contribution in [3.05, 3.63) is 23.0 Å². The number of hydrogen-bond donors (Lipinski definition) is 1. The number of carbonyl (C=O) groups is 1. The number of nitrogens with zero attached hydrogens (tertiary/aromatic N) is 1. The largest absolute Gasteiger partial charge is 0.476 e. The number of rotatable bonds is 2. The van der Waals surface area contributed by atoms with Crippen LogP contribution in [0.5, 0.6) is 0 Å². The first-order valence-corrected chi connectivity index (χ1v) is 6.24. The third-order valence-electron chi connectivity index (χ3n) is 2.76. The van der Waals surface area contributed by atoms with Gasteiger partial charge in [-0.05, 0) is 43.1 Å². The van der Waals surface area contributed by atoms with Crippen LogP contribution in [0, 0.1) is 0 Å². The highest BCUT2D eigenvalue weighted by Gasteiger charge is 2.20. The predicted molar refractivity (Wildman–Crippen MR) is 59.6 cm³/mol. The molecule has 1 aromatic rings. The minimum atomic E-state index is -0.923. The maximum Gasteiger partial charge on any atom is 0.355 e. The molecule has 3 nitrogen and oxygen atoms in total. The molecule has 1 aliphatic rings. The van der Waals surface area contributed by atoms with Crippen molar-refractivity contribution in [1.82, 2.24) is 4.98 Å². The SMILES string of the molecule is CSc1c(C(=O)O)ncc2c1CCCC2. The molecule has 0 unspecified atom stereocenters. The van der Waals surface area contributed by atoms with E-state index in [1.807, 2.05) is 6.26 Å². The number of carboxylic acids is 1. The summed E-state index contributed by atoms with van der Waals surface area (Å²) in [5, 5.41) is 9.02. The van der Waals surface area contributed by atoms with E-state index in [1.165, 1.54) is 29.3 Å². The Hall–Kier alpha value is -1.03. The van der Waals surface area contributed by atoms with Crippen molar-refractivity contribution in [2.45, 2.75) is 30.6 Å². The number of aryl methyl sites for hydroxylation is 1. The van der Waals surface area contributed by atoms with E-state index in [9.17, 15) is 4.79 Å². The van der Waals surface area contributed by atoms with Crippen molar-refractivity contribution in [1.29, 1.82) is 0 Å². The van der Waals surface area contributed by atoms with Crippen LogP contribution in [0.3, 0.4) is 0 Å². The number of aromatic carboxylic acids is 1. The van der Waals surface area contributed by atoms with Crippen LogP contribution in [-0.2, 0) is 12.8 Å². The average molecular weight is 223 g/mol. The Morgan fingerprint density at radius 2 is 2.20 bits per heavy atom. The molecule has 0 spiro atoms. The Balaban J connectivity index is 2.56. The van der Waals surface area contributed by atoms with Crippen molar-refractivity contribution < 1.29 is 9.90 Å². The summed E-state index contributed by atoms with van der Waals surface area (Å²) in [5.41, 5.74) is 2.65. The van der Waals surface area contributed by atoms with Crippen molar-refractivity contribution in [3.63, 3.8) is 0 Å². The second-order valence-electron chi connectivity index (χ2n) is 3.66. The van der Waals surface area contributed by atoms with Crippen LogP contribution in [0.25, 0.3) is 0 Å². The van der Waals surface area contributed by atoms with E-state index < -0.39 is 5.97 Å². The molecule has 0 saturated carbocycles. The third-order valence-corrected chi connectivity index (χ3v) is 3.60. The van der Waals surface area contributed by atoms with Crippen LogP contribution >= 0.6 is 11.8 Å². The van der Waals surface area contributed by atoms with E-state index in [0.29, 0.717) is 0 Å². The van der Waals surface area contributed by atoms with Gasteiger partial charge in [0.2, 0.25) is 0 Å². The summed E-state index contributed by atoms with van der Waals surface area (Å²) in [6.07, 6.45) is 8.03. The Morgan fingerprint density at radius 3 is 2.87 bits per heavy atom. The van der Waals surface area contributed by atoms with E-state index in [4.69, 9.17) is 5.11 Å². The zero-order valence-electron chi connectivity index (χ0n) is 8.62.